The fraction of sp³-hybridized carbons (Fsp3) is 0.444. The highest BCUT2D eigenvalue weighted by atomic mass is 32.2. The lowest BCUT2D eigenvalue weighted by molar-refractivity contribution is -0.134. The molecule has 1 aromatic heterocycles. The normalized spacial score (nSPS) is 14.9. The lowest BCUT2D eigenvalue weighted by Gasteiger charge is -2.26. The molecule has 2 heterocycles. The maximum absolute atomic E-state index is 12.5. The van der Waals surface area contributed by atoms with E-state index in [9.17, 15) is 13.2 Å². The molecule has 0 bridgehead atoms. The smallest absolute Gasteiger partial charge is 0.263 e. The highest BCUT2D eigenvalue weighted by molar-refractivity contribution is 7.93. The lowest BCUT2D eigenvalue weighted by Crippen LogP contribution is -2.41. The van der Waals surface area contributed by atoms with Gasteiger partial charge in [-0.05, 0) is 24.1 Å². The van der Waals surface area contributed by atoms with E-state index in [1.807, 2.05) is 12.1 Å². The van der Waals surface area contributed by atoms with Crippen LogP contribution in [0, 0.1) is 0 Å². The van der Waals surface area contributed by atoms with Crippen LogP contribution in [0.3, 0.4) is 0 Å². The summed E-state index contributed by atoms with van der Waals surface area (Å²) in [5.74, 6) is -0.0236. The van der Waals surface area contributed by atoms with Crippen LogP contribution in [-0.2, 0) is 32.4 Å². The predicted octanol–water partition coefficient (Wildman–Crippen LogP) is 2.30. The number of thiazole rings is 1. The molecule has 3 rings (SSSR count). The zero-order valence-electron chi connectivity index (χ0n) is 15.2. The number of sulfonamides is 1. The Morgan fingerprint density at radius 3 is 2.63 bits per heavy atom. The molecular formula is C18H23N3O4S2. The summed E-state index contributed by atoms with van der Waals surface area (Å²) in [5.41, 5.74) is 1.67. The van der Waals surface area contributed by atoms with Crippen LogP contribution >= 0.6 is 11.3 Å². The molecule has 9 heteroatoms. The predicted molar refractivity (Wildman–Crippen MR) is 104 cm³/mol. The Balaban J connectivity index is 1.62. The number of carbonyl (C=O) groups excluding carboxylic acids is 1. The summed E-state index contributed by atoms with van der Waals surface area (Å²) in [6.07, 6.45) is 2.08. The summed E-state index contributed by atoms with van der Waals surface area (Å²) in [7, 11) is -3.69. The first-order chi connectivity index (χ1) is 13.0. The molecule has 0 saturated carbocycles. The fourth-order valence-electron chi connectivity index (χ4n) is 2.81. The zero-order chi connectivity index (χ0) is 19.3. The molecule has 27 heavy (non-hydrogen) atoms. The number of anilines is 1. The minimum Gasteiger partial charge on any atom is -0.378 e. The van der Waals surface area contributed by atoms with Crippen LogP contribution in [-0.4, -0.2) is 50.5 Å². The third-order valence-electron chi connectivity index (χ3n) is 4.24. The largest absolute Gasteiger partial charge is 0.378 e. The first-order valence-corrected chi connectivity index (χ1v) is 11.3. The van der Waals surface area contributed by atoms with Crippen molar-refractivity contribution in [3.63, 3.8) is 0 Å². The topological polar surface area (TPSA) is 88.6 Å². The number of ether oxygens (including phenoxy) is 1. The van der Waals surface area contributed by atoms with Crippen molar-refractivity contribution in [2.45, 2.75) is 31.1 Å². The Hall–Kier alpha value is -1.97. The summed E-state index contributed by atoms with van der Waals surface area (Å²) in [4.78, 5) is 18.5. The van der Waals surface area contributed by atoms with Crippen LogP contribution in [0.5, 0.6) is 0 Å². The highest BCUT2D eigenvalue weighted by Crippen LogP contribution is 2.21. The van der Waals surface area contributed by atoms with Crippen molar-refractivity contribution in [3.8, 4) is 0 Å². The van der Waals surface area contributed by atoms with E-state index in [0.29, 0.717) is 32.0 Å². The summed E-state index contributed by atoms with van der Waals surface area (Å²) in [5, 5.41) is 1.97. The number of aryl methyl sites for hydroxylation is 1. The van der Waals surface area contributed by atoms with Crippen LogP contribution < -0.4 is 4.72 Å². The Bertz CT molecular complexity index is 872. The van der Waals surface area contributed by atoms with Crippen molar-refractivity contribution < 1.29 is 17.9 Å². The number of morpholine rings is 1. The molecule has 1 N–H and O–H groups in total. The van der Waals surface area contributed by atoms with Crippen molar-refractivity contribution in [3.05, 3.63) is 40.9 Å². The molecule has 1 saturated heterocycles. The number of carbonyl (C=O) groups is 1. The standard InChI is InChI=1S/C18H23N3O4S2/c1-2-3-14-4-6-16(7-5-14)27(23,24)20-18-19-15(13-26-18)12-17(22)21-8-10-25-11-9-21/h4-7,13H,2-3,8-12H2,1H3,(H,19,20). The zero-order valence-corrected chi connectivity index (χ0v) is 16.8. The van der Waals surface area contributed by atoms with Crippen molar-refractivity contribution >= 4 is 32.4 Å². The second-order valence-electron chi connectivity index (χ2n) is 6.31. The van der Waals surface area contributed by atoms with Gasteiger partial charge in [-0.25, -0.2) is 13.4 Å². The molecule has 1 aliphatic heterocycles. The Kier molecular flexibility index (Phi) is 6.46. The van der Waals surface area contributed by atoms with Gasteiger partial charge in [0.25, 0.3) is 10.0 Å². The van der Waals surface area contributed by atoms with E-state index in [1.54, 1.807) is 22.4 Å². The number of aromatic nitrogens is 1. The monoisotopic (exact) mass is 409 g/mol. The van der Waals surface area contributed by atoms with Gasteiger partial charge in [0, 0.05) is 18.5 Å². The summed E-state index contributed by atoms with van der Waals surface area (Å²) < 4.78 is 32.8. The number of nitrogens with zero attached hydrogens (tertiary/aromatic N) is 2. The fourth-order valence-corrected chi connectivity index (χ4v) is 4.78. The lowest BCUT2D eigenvalue weighted by atomic mass is 10.1. The Morgan fingerprint density at radius 1 is 1.26 bits per heavy atom. The number of rotatable bonds is 7. The average Bonchev–Trinajstić information content (AvgIpc) is 3.09. The molecule has 0 aliphatic carbocycles. The van der Waals surface area contributed by atoms with Gasteiger partial charge in [-0.1, -0.05) is 25.5 Å². The van der Waals surface area contributed by atoms with E-state index in [1.165, 1.54) is 11.3 Å². The SMILES string of the molecule is CCCc1ccc(S(=O)(=O)Nc2nc(CC(=O)N3CCOCC3)cs2)cc1. The van der Waals surface area contributed by atoms with Crippen LogP contribution in [0.15, 0.2) is 34.5 Å². The van der Waals surface area contributed by atoms with Gasteiger partial charge in [0.2, 0.25) is 5.91 Å². The van der Waals surface area contributed by atoms with Gasteiger partial charge in [-0.15, -0.1) is 11.3 Å². The van der Waals surface area contributed by atoms with Crippen molar-refractivity contribution in [2.24, 2.45) is 0 Å². The summed E-state index contributed by atoms with van der Waals surface area (Å²) in [6.45, 7) is 4.33. The molecule has 0 spiro atoms. The molecule has 0 radical (unpaired) electrons. The van der Waals surface area contributed by atoms with Crippen LogP contribution in [0.25, 0.3) is 0 Å². The molecule has 0 unspecified atom stereocenters. The number of benzene rings is 1. The molecule has 1 aromatic carbocycles. The number of amides is 1. The van der Waals surface area contributed by atoms with E-state index in [2.05, 4.69) is 16.6 Å². The van der Waals surface area contributed by atoms with E-state index in [4.69, 9.17) is 4.74 Å². The summed E-state index contributed by atoms with van der Waals surface area (Å²) in [6, 6.07) is 6.85. The van der Waals surface area contributed by atoms with Gasteiger partial charge in [0.15, 0.2) is 5.13 Å². The molecule has 146 valence electrons. The van der Waals surface area contributed by atoms with E-state index in [0.717, 1.165) is 18.4 Å². The Labute approximate surface area is 163 Å². The van der Waals surface area contributed by atoms with Crippen molar-refractivity contribution in [1.29, 1.82) is 0 Å². The third kappa shape index (κ3) is 5.27. The second kappa shape index (κ2) is 8.81. The first-order valence-electron chi connectivity index (χ1n) is 8.89. The molecule has 1 fully saturated rings. The molecule has 0 atom stereocenters. The number of hydrogen-bond donors (Lipinski definition) is 1. The van der Waals surface area contributed by atoms with E-state index in [-0.39, 0.29) is 22.4 Å². The second-order valence-corrected chi connectivity index (χ2v) is 8.85. The van der Waals surface area contributed by atoms with Crippen molar-refractivity contribution in [2.75, 3.05) is 31.0 Å². The minimum absolute atomic E-state index is 0.0236. The number of hydrogen-bond acceptors (Lipinski definition) is 6. The van der Waals surface area contributed by atoms with Crippen molar-refractivity contribution in [1.82, 2.24) is 9.88 Å². The van der Waals surface area contributed by atoms with Crippen LogP contribution in [0.1, 0.15) is 24.6 Å². The van der Waals surface area contributed by atoms with E-state index >= 15 is 0 Å². The van der Waals surface area contributed by atoms with Gasteiger partial charge < -0.3 is 9.64 Å². The first kappa shape index (κ1) is 19.8. The van der Waals surface area contributed by atoms with Gasteiger partial charge in [0.05, 0.1) is 30.2 Å². The van der Waals surface area contributed by atoms with Gasteiger partial charge in [-0.3, -0.25) is 9.52 Å². The van der Waals surface area contributed by atoms with Gasteiger partial charge >= 0.3 is 0 Å². The quantitative estimate of drug-likeness (QED) is 0.758. The molecule has 1 amide bonds. The maximum atomic E-state index is 12.5. The van der Waals surface area contributed by atoms with Gasteiger partial charge in [-0.2, -0.15) is 0 Å². The molecular weight excluding hydrogens is 386 g/mol. The average molecular weight is 410 g/mol. The molecule has 1 aliphatic rings. The number of nitrogens with one attached hydrogen (secondary N) is 1. The van der Waals surface area contributed by atoms with Gasteiger partial charge in [0.1, 0.15) is 0 Å². The summed E-state index contributed by atoms with van der Waals surface area (Å²) >= 11 is 1.17. The Morgan fingerprint density at radius 2 is 1.96 bits per heavy atom. The molecule has 7 nitrogen and oxygen atoms in total. The van der Waals surface area contributed by atoms with Crippen LogP contribution in [0.2, 0.25) is 0 Å². The maximum Gasteiger partial charge on any atom is 0.263 e. The van der Waals surface area contributed by atoms with E-state index < -0.39 is 10.0 Å². The third-order valence-corrected chi connectivity index (χ3v) is 6.53. The minimum atomic E-state index is -3.69. The highest BCUT2D eigenvalue weighted by Gasteiger charge is 2.20. The molecule has 2 aromatic rings. The van der Waals surface area contributed by atoms with Crippen LogP contribution in [0.4, 0.5) is 5.13 Å².